The van der Waals surface area contributed by atoms with Gasteiger partial charge in [0.1, 0.15) is 6.54 Å². The highest BCUT2D eigenvalue weighted by atomic mass is 32.1. The largest absolute Gasteiger partial charge is 0.338 e. The molecule has 0 aliphatic heterocycles. The molecule has 0 aliphatic carbocycles. The van der Waals surface area contributed by atoms with E-state index >= 15 is 0 Å². The van der Waals surface area contributed by atoms with Crippen molar-refractivity contribution in [3.05, 3.63) is 49.6 Å². The number of rotatable bonds is 4. The minimum Gasteiger partial charge on any atom is -0.338 e. The summed E-state index contributed by atoms with van der Waals surface area (Å²) in [5.74, 6) is -0.341. The van der Waals surface area contributed by atoms with E-state index in [9.17, 15) is 14.4 Å². The van der Waals surface area contributed by atoms with Crippen molar-refractivity contribution < 1.29 is 4.79 Å². The van der Waals surface area contributed by atoms with Crippen molar-refractivity contribution in [1.29, 1.82) is 0 Å². The SMILES string of the molecule is Cc1cn2c(CN(C)C(=O)Cn3c(=O)c4c(ncn4C)n(C)c3=O)c(C)nc2s1. The van der Waals surface area contributed by atoms with E-state index in [1.807, 2.05) is 24.4 Å². The summed E-state index contributed by atoms with van der Waals surface area (Å²) < 4.78 is 5.76. The van der Waals surface area contributed by atoms with Crippen LogP contribution in [-0.4, -0.2) is 45.9 Å². The predicted molar refractivity (Wildman–Crippen MR) is 109 cm³/mol. The molecule has 0 spiro atoms. The molecule has 1 amide bonds. The topological polar surface area (TPSA) is 99.4 Å². The van der Waals surface area contributed by atoms with Gasteiger partial charge in [-0.3, -0.25) is 18.6 Å². The number of fused-ring (bicyclic) bond motifs is 2. The molecule has 0 aromatic carbocycles. The van der Waals surface area contributed by atoms with E-state index in [1.165, 1.54) is 22.8 Å². The highest BCUT2D eigenvalue weighted by molar-refractivity contribution is 7.17. The van der Waals surface area contributed by atoms with Crippen LogP contribution in [0, 0.1) is 13.8 Å². The lowest BCUT2D eigenvalue weighted by Gasteiger charge is -2.18. The second-order valence-corrected chi connectivity index (χ2v) is 8.36. The maximum absolute atomic E-state index is 12.8. The third kappa shape index (κ3) is 2.97. The van der Waals surface area contributed by atoms with Crippen molar-refractivity contribution in [3.8, 4) is 0 Å². The predicted octanol–water partition coefficient (Wildman–Crippen LogP) is 0.418. The van der Waals surface area contributed by atoms with Crippen LogP contribution in [0.25, 0.3) is 16.1 Å². The Morgan fingerprint density at radius 2 is 1.97 bits per heavy atom. The van der Waals surface area contributed by atoms with Gasteiger partial charge >= 0.3 is 5.69 Å². The zero-order valence-corrected chi connectivity index (χ0v) is 17.6. The molecule has 10 nitrogen and oxygen atoms in total. The molecule has 0 aliphatic rings. The van der Waals surface area contributed by atoms with Gasteiger partial charge < -0.3 is 9.47 Å². The number of amides is 1. The summed E-state index contributed by atoms with van der Waals surface area (Å²) in [4.78, 5) is 50.4. The highest BCUT2D eigenvalue weighted by Gasteiger charge is 2.20. The molecular formula is C18H21N7O3S. The molecule has 11 heteroatoms. The molecule has 0 atom stereocenters. The Labute approximate surface area is 169 Å². The van der Waals surface area contributed by atoms with Gasteiger partial charge in [-0.1, -0.05) is 0 Å². The maximum atomic E-state index is 12.8. The molecule has 4 heterocycles. The lowest BCUT2D eigenvalue weighted by Crippen LogP contribution is -2.43. The van der Waals surface area contributed by atoms with Gasteiger partial charge in [0, 0.05) is 32.2 Å². The number of aromatic nitrogens is 6. The molecule has 4 aromatic rings. The lowest BCUT2D eigenvalue weighted by atomic mass is 10.3. The van der Waals surface area contributed by atoms with Gasteiger partial charge in [0.05, 0.1) is 24.3 Å². The molecule has 4 aromatic heterocycles. The summed E-state index contributed by atoms with van der Waals surface area (Å²) in [5, 5.41) is 0. The average molecular weight is 415 g/mol. The number of hydrogen-bond acceptors (Lipinski definition) is 6. The Morgan fingerprint density at radius 3 is 2.69 bits per heavy atom. The van der Waals surface area contributed by atoms with Crippen molar-refractivity contribution >= 4 is 33.4 Å². The highest BCUT2D eigenvalue weighted by Crippen LogP contribution is 2.21. The van der Waals surface area contributed by atoms with E-state index in [2.05, 4.69) is 9.97 Å². The Morgan fingerprint density at radius 1 is 1.24 bits per heavy atom. The van der Waals surface area contributed by atoms with E-state index < -0.39 is 11.2 Å². The third-order valence-electron chi connectivity index (χ3n) is 5.05. The van der Waals surface area contributed by atoms with E-state index in [0.717, 1.165) is 25.8 Å². The van der Waals surface area contributed by atoms with E-state index in [4.69, 9.17) is 0 Å². The Hall–Kier alpha value is -3.21. The van der Waals surface area contributed by atoms with Crippen LogP contribution in [0.3, 0.4) is 0 Å². The molecule has 0 N–H and O–H groups in total. The second kappa shape index (κ2) is 6.69. The van der Waals surface area contributed by atoms with Crippen LogP contribution in [0.1, 0.15) is 16.3 Å². The summed E-state index contributed by atoms with van der Waals surface area (Å²) in [6, 6.07) is 0. The Bertz CT molecular complexity index is 1380. The Kier molecular flexibility index (Phi) is 4.41. The smallest absolute Gasteiger partial charge is 0.332 e. The maximum Gasteiger partial charge on any atom is 0.332 e. The number of carbonyl (C=O) groups is 1. The van der Waals surface area contributed by atoms with Crippen LogP contribution in [0.4, 0.5) is 0 Å². The van der Waals surface area contributed by atoms with Crippen LogP contribution in [0.5, 0.6) is 0 Å². The number of thiazole rings is 1. The first-order valence-electron chi connectivity index (χ1n) is 8.97. The normalized spacial score (nSPS) is 11.6. The molecular weight excluding hydrogens is 394 g/mol. The van der Waals surface area contributed by atoms with Gasteiger partial charge in [-0.15, -0.1) is 11.3 Å². The molecule has 4 rings (SSSR count). The van der Waals surface area contributed by atoms with Gasteiger partial charge in [-0.05, 0) is 13.8 Å². The summed E-state index contributed by atoms with van der Waals surface area (Å²) in [5.41, 5.74) is 1.23. The number of hydrogen-bond donors (Lipinski definition) is 0. The average Bonchev–Trinajstić information content (AvgIpc) is 3.30. The van der Waals surface area contributed by atoms with Crippen LogP contribution in [-0.2, 0) is 32.0 Å². The van der Waals surface area contributed by atoms with E-state index in [1.54, 1.807) is 30.0 Å². The summed E-state index contributed by atoms with van der Waals surface area (Å²) in [7, 11) is 4.86. The molecule has 152 valence electrons. The van der Waals surface area contributed by atoms with Gasteiger partial charge in [-0.2, -0.15) is 0 Å². The molecule has 0 unspecified atom stereocenters. The zero-order valence-electron chi connectivity index (χ0n) is 16.8. The number of aryl methyl sites for hydroxylation is 4. The second-order valence-electron chi connectivity index (χ2n) is 7.15. The first kappa shape index (κ1) is 19.1. The Balaban J connectivity index is 1.66. The number of nitrogens with zero attached hydrogens (tertiary/aromatic N) is 7. The van der Waals surface area contributed by atoms with E-state index in [-0.39, 0.29) is 18.0 Å². The lowest BCUT2D eigenvalue weighted by molar-refractivity contribution is -0.131. The van der Waals surface area contributed by atoms with Gasteiger partial charge in [0.15, 0.2) is 16.1 Å². The number of imidazole rings is 2. The van der Waals surface area contributed by atoms with Crippen molar-refractivity contribution in [1.82, 2.24) is 33.0 Å². The van der Waals surface area contributed by atoms with Crippen molar-refractivity contribution in [3.63, 3.8) is 0 Å². The van der Waals surface area contributed by atoms with Crippen LogP contribution in [0.15, 0.2) is 22.1 Å². The molecule has 0 radical (unpaired) electrons. The standard InChI is InChI=1S/C18H21N7O3S/c1-10-6-24-12(11(2)20-17(24)29-10)7-21(3)13(26)8-25-16(27)14-15(19-9-22(14)4)23(5)18(25)28/h6,9H,7-8H2,1-5H3. The molecule has 0 fully saturated rings. The molecule has 0 saturated heterocycles. The van der Waals surface area contributed by atoms with Gasteiger partial charge in [-0.25, -0.2) is 19.3 Å². The zero-order chi connectivity index (χ0) is 21.0. The van der Waals surface area contributed by atoms with Crippen LogP contribution >= 0.6 is 11.3 Å². The first-order chi connectivity index (χ1) is 13.7. The van der Waals surface area contributed by atoms with Crippen LogP contribution < -0.4 is 11.2 Å². The van der Waals surface area contributed by atoms with Gasteiger partial charge in [0.2, 0.25) is 5.91 Å². The first-order valence-corrected chi connectivity index (χ1v) is 9.79. The molecule has 0 bridgehead atoms. The van der Waals surface area contributed by atoms with Crippen molar-refractivity contribution in [2.45, 2.75) is 26.9 Å². The summed E-state index contributed by atoms with van der Waals surface area (Å²) in [6.07, 6.45) is 3.46. The van der Waals surface area contributed by atoms with Gasteiger partial charge in [0.25, 0.3) is 5.56 Å². The summed E-state index contributed by atoms with van der Waals surface area (Å²) >= 11 is 1.58. The van der Waals surface area contributed by atoms with Crippen LogP contribution in [0.2, 0.25) is 0 Å². The fourth-order valence-corrected chi connectivity index (χ4v) is 4.29. The minimum atomic E-state index is -0.570. The molecule has 29 heavy (non-hydrogen) atoms. The van der Waals surface area contributed by atoms with Crippen molar-refractivity contribution in [2.75, 3.05) is 7.05 Å². The quantitative estimate of drug-likeness (QED) is 0.481. The third-order valence-corrected chi connectivity index (χ3v) is 5.95. The van der Waals surface area contributed by atoms with Crippen molar-refractivity contribution in [2.24, 2.45) is 14.1 Å². The fourth-order valence-electron chi connectivity index (χ4n) is 3.40. The summed E-state index contributed by atoms with van der Waals surface area (Å²) in [6.45, 7) is 3.89. The number of carbonyl (C=O) groups excluding carboxylic acids is 1. The fraction of sp³-hybridized carbons (Fsp3) is 0.389. The monoisotopic (exact) mass is 415 g/mol. The minimum absolute atomic E-state index is 0.282. The molecule has 0 saturated carbocycles. The van der Waals surface area contributed by atoms with E-state index in [0.29, 0.717) is 12.2 Å². The number of likely N-dealkylation sites (N-methyl/N-ethyl adjacent to an activating group) is 1.